The van der Waals surface area contributed by atoms with E-state index in [0.717, 1.165) is 11.3 Å². The standard InChI is InChI=1S/C19H13BrN2O2S/c1-11-2-3-13-9-14(5-4-12(13)8-11)15-10-25-19(21-15)22-18(23)16-6-7-17(20)24-16/h2-10H,1H3,(H,21,22,23). The van der Waals surface area contributed by atoms with E-state index < -0.39 is 0 Å². The van der Waals surface area contributed by atoms with Gasteiger partial charge in [0.25, 0.3) is 5.91 Å². The van der Waals surface area contributed by atoms with E-state index in [2.05, 4.69) is 63.5 Å². The molecule has 0 spiro atoms. The summed E-state index contributed by atoms with van der Waals surface area (Å²) in [6, 6.07) is 15.9. The Hall–Kier alpha value is -2.44. The number of nitrogens with zero attached hydrogens (tertiary/aromatic N) is 1. The lowest BCUT2D eigenvalue weighted by atomic mass is 10.0. The molecule has 0 aliphatic rings. The van der Waals surface area contributed by atoms with Crippen LogP contribution in [0.15, 0.2) is 63.0 Å². The van der Waals surface area contributed by atoms with E-state index in [-0.39, 0.29) is 11.7 Å². The van der Waals surface area contributed by atoms with Gasteiger partial charge in [0.05, 0.1) is 5.69 Å². The van der Waals surface area contributed by atoms with Crippen molar-refractivity contribution < 1.29 is 9.21 Å². The lowest BCUT2D eigenvalue weighted by Gasteiger charge is -2.02. The van der Waals surface area contributed by atoms with E-state index in [1.54, 1.807) is 12.1 Å². The molecule has 0 saturated heterocycles. The second-order valence-electron chi connectivity index (χ2n) is 5.66. The fourth-order valence-corrected chi connectivity index (χ4v) is 3.60. The zero-order valence-corrected chi connectivity index (χ0v) is 15.6. The minimum absolute atomic E-state index is 0.240. The molecule has 0 aliphatic heterocycles. The Kier molecular flexibility index (Phi) is 4.15. The number of thiazole rings is 1. The highest BCUT2D eigenvalue weighted by Gasteiger charge is 2.13. The highest BCUT2D eigenvalue weighted by molar-refractivity contribution is 9.10. The summed E-state index contributed by atoms with van der Waals surface area (Å²) in [4.78, 5) is 16.6. The van der Waals surface area contributed by atoms with Gasteiger partial charge in [-0.2, -0.15) is 0 Å². The summed E-state index contributed by atoms with van der Waals surface area (Å²) in [6.07, 6.45) is 0. The molecule has 2 heterocycles. The van der Waals surface area contributed by atoms with Crippen molar-refractivity contribution in [3.63, 3.8) is 0 Å². The molecule has 1 amide bonds. The van der Waals surface area contributed by atoms with Gasteiger partial charge in [-0.1, -0.05) is 35.9 Å². The number of furan rings is 1. The molecule has 4 aromatic rings. The van der Waals surface area contributed by atoms with Gasteiger partial charge in [-0.3, -0.25) is 10.1 Å². The van der Waals surface area contributed by atoms with E-state index in [1.165, 1.54) is 27.7 Å². The fraction of sp³-hybridized carbons (Fsp3) is 0.0526. The van der Waals surface area contributed by atoms with Crippen LogP contribution in [0, 0.1) is 6.92 Å². The first-order chi connectivity index (χ1) is 12.1. The molecule has 4 nitrogen and oxygen atoms in total. The summed E-state index contributed by atoms with van der Waals surface area (Å²) in [6.45, 7) is 2.08. The molecule has 0 saturated carbocycles. The second-order valence-corrected chi connectivity index (χ2v) is 7.30. The van der Waals surface area contributed by atoms with Crippen molar-refractivity contribution in [3.05, 3.63) is 69.9 Å². The van der Waals surface area contributed by atoms with Gasteiger partial charge >= 0.3 is 0 Å². The minimum atomic E-state index is -0.319. The van der Waals surface area contributed by atoms with Crippen LogP contribution in [0.5, 0.6) is 0 Å². The molecule has 0 atom stereocenters. The molecule has 0 radical (unpaired) electrons. The Morgan fingerprint density at radius 3 is 2.72 bits per heavy atom. The Balaban J connectivity index is 1.58. The van der Waals surface area contributed by atoms with Crippen LogP contribution in [0.3, 0.4) is 0 Å². The number of hydrogen-bond acceptors (Lipinski definition) is 4. The third-order valence-electron chi connectivity index (χ3n) is 3.81. The van der Waals surface area contributed by atoms with E-state index >= 15 is 0 Å². The van der Waals surface area contributed by atoms with Crippen molar-refractivity contribution >= 4 is 49.1 Å². The number of carbonyl (C=O) groups is 1. The van der Waals surface area contributed by atoms with Crippen LogP contribution in [-0.4, -0.2) is 10.9 Å². The number of carbonyl (C=O) groups excluding carboxylic acids is 1. The molecule has 1 N–H and O–H groups in total. The number of hydrogen-bond donors (Lipinski definition) is 1. The Morgan fingerprint density at radius 2 is 1.92 bits per heavy atom. The Bertz CT molecular complexity index is 1080. The summed E-state index contributed by atoms with van der Waals surface area (Å²) in [5.41, 5.74) is 3.10. The van der Waals surface area contributed by atoms with E-state index in [4.69, 9.17) is 4.42 Å². The van der Waals surface area contributed by atoms with Gasteiger partial charge in [0, 0.05) is 10.9 Å². The molecule has 2 aromatic heterocycles. The highest BCUT2D eigenvalue weighted by atomic mass is 79.9. The average molecular weight is 413 g/mol. The molecule has 2 aromatic carbocycles. The average Bonchev–Trinajstić information content (AvgIpc) is 3.23. The van der Waals surface area contributed by atoms with Crippen molar-refractivity contribution in [2.24, 2.45) is 0 Å². The summed E-state index contributed by atoms with van der Waals surface area (Å²) in [7, 11) is 0. The number of anilines is 1. The number of aryl methyl sites for hydroxylation is 1. The van der Waals surface area contributed by atoms with Crippen molar-refractivity contribution in [3.8, 4) is 11.3 Å². The summed E-state index contributed by atoms with van der Waals surface area (Å²) < 4.78 is 5.77. The minimum Gasteiger partial charge on any atom is -0.444 e. The lowest BCUT2D eigenvalue weighted by Crippen LogP contribution is -2.10. The molecular weight excluding hydrogens is 400 g/mol. The number of amides is 1. The molecule has 0 bridgehead atoms. The highest BCUT2D eigenvalue weighted by Crippen LogP contribution is 2.28. The lowest BCUT2D eigenvalue weighted by molar-refractivity contribution is 0.0995. The molecule has 0 fully saturated rings. The predicted octanol–water partition coefficient (Wildman–Crippen LogP) is 5.88. The van der Waals surface area contributed by atoms with Crippen molar-refractivity contribution in [1.29, 1.82) is 0 Å². The van der Waals surface area contributed by atoms with Crippen molar-refractivity contribution in [1.82, 2.24) is 4.98 Å². The van der Waals surface area contributed by atoms with Crippen LogP contribution in [0.4, 0.5) is 5.13 Å². The molecule has 25 heavy (non-hydrogen) atoms. The number of rotatable bonds is 3. The first kappa shape index (κ1) is 16.1. The van der Waals surface area contributed by atoms with E-state index in [0.29, 0.717) is 9.80 Å². The van der Waals surface area contributed by atoms with Gasteiger partial charge < -0.3 is 4.42 Å². The van der Waals surface area contributed by atoms with E-state index in [1.807, 2.05) is 11.4 Å². The van der Waals surface area contributed by atoms with Gasteiger partial charge in [-0.25, -0.2) is 4.98 Å². The third kappa shape index (κ3) is 3.36. The van der Waals surface area contributed by atoms with Gasteiger partial charge in [-0.05, 0) is 51.8 Å². The topological polar surface area (TPSA) is 55.1 Å². The maximum Gasteiger partial charge on any atom is 0.293 e. The van der Waals surface area contributed by atoms with Crippen molar-refractivity contribution in [2.75, 3.05) is 5.32 Å². The van der Waals surface area contributed by atoms with Gasteiger partial charge in [0.15, 0.2) is 15.6 Å². The molecule has 124 valence electrons. The molecular formula is C19H13BrN2O2S. The SMILES string of the molecule is Cc1ccc2cc(-c3csc(NC(=O)c4ccc(Br)o4)n3)ccc2c1. The van der Waals surface area contributed by atoms with Crippen LogP contribution in [0.2, 0.25) is 0 Å². The molecule has 0 aliphatic carbocycles. The predicted molar refractivity (Wildman–Crippen MR) is 104 cm³/mol. The zero-order chi connectivity index (χ0) is 17.4. The first-order valence-corrected chi connectivity index (χ1v) is 9.29. The van der Waals surface area contributed by atoms with Gasteiger partial charge in [0.2, 0.25) is 0 Å². The largest absolute Gasteiger partial charge is 0.444 e. The summed E-state index contributed by atoms with van der Waals surface area (Å²) in [5, 5.41) is 7.61. The molecule has 4 rings (SSSR count). The maximum atomic E-state index is 12.1. The first-order valence-electron chi connectivity index (χ1n) is 7.61. The quantitative estimate of drug-likeness (QED) is 0.456. The van der Waals surface area contributed by atoms with Gasteiger partial charge in [0.1, 0.15) is 0 Å². The number of benzene rings is 2. The van der Waals surface area contributed by atoms with Crippen LogP contribution >= 0.6 is 27.3 Å². The Labute approximate surface area is 156 Å². The third-order valence-corrected chi connectivity index (χ3v) is 5.00. The maximum absolute atomic E-state index is 12.1. The number of nitrogens with one attached hydrogen (secondary N) is 1. The molecule has 6 heteroatoms. The van der Waals surface area contributed by atoms with Crippen LogP contribution in [-0.2, 0) is 0 Å². The summed E-state index contributed by atoms with van der Waals surface area (Å²) in [5.74, 6) is -0.0784. The Morgan fingerprint density at radius 1 is 1.12 bits per heavy atom. The van der Waals surface area contributed by atoms with Crippen LogP contribution < -0.4 is 5.32 Å². The number of aromatic nitrogens is 1. The van der Waals surface area contributed by atoms with Crippen molar-refractivity contribution in [2.45, 2.75) is 6.92 Å². The van der Waals surface area contributed by atoms with Crippen LogP contribution in [0.1, 0.15) is 16.1 Å². The number of fused-ring (bicyclic) bond motifs is 1. The molecule has 0 unspecified atom stereocenters. The monoisotopic (exact) mass is 412 g/mol. The number of halogens is 1. The second kappa shape index (κ2) is 6.46. The van der Waals surface area contributed by atoms with E-state index in [9.17, 15) is 4.79 Å². The van der Waals surface area contributed by atoms with Gasteiger partial charge in [-0.15, -0.1) is 11.3 Å². The zero-order valence-electron chi connectivity index (χ0n) is 13.2. The van der Waals surface area contributed by atoms with Crippen LogP contribution in [0.25, 0.3) is 22.0 Å². The normalized spacial score (nSPS) is 11.0. The smallest absolute Gasteiger partial charge is 0.293 e. The summed E-state index contributed by atoms with van der Waals surface area (Å²) >= 11 is 4.57. The fourth-order valence-electron chi connectivity index (χ4n) is 2.58.